The molecule has 0 spiro atoms. The van der Waals surface area contributed by atoms with E-state index in [-0.39, 0.29) is 17.9 Å². The molecule has 0 radical (unpaired) electrons. The molecular formula is C12H13BrClNO2. The number of hydrogen-bond acceptors (Lipinski definition) is 2. The lowest BCUT2D eigenvalue weighted by molar-refractivity contribution is -0.121. The van der Waals surface area contributed by atoms with Gasteiger partial charge in [0.15, 0.2) is 0 Å². The monoisotopic (exact) mass is 317 g/mol. The second kappa shape index (κ2) is 5.38. The molecule has 0 aromatic heterocycles. The molecule has 92 valence electrons. The molecule has 1 N–H and O–H groups in total. The Labute approximate surface area is 114 Å². The largest absolute Gasteiger partial charge is 0.378 e. The number of carbonyl (C=O) groups is 1. The number of carbonyl (C=O) groups excluding carboxylic acids is 1. The lowest BCUT2D eigenvalue weighted by Gasteiger charge is -2.15. The van der Waals surface area contributed by atoms with Gasteiger partial charge >= 0.3 is 0 Å². The van der Waals surface area contributed by atoms with Crippen LogP contribution in [-0.2, 0) is 9.53 Å². The highest BCUT2D eigenvalue weighted by atomic mass is 79.9. The minimum Gasteiger partial charge on any atom is -0.378 e. The molecule has 2 atom stereocenters. The Bertz CT molecular complexity index is 439. The van der Waals surface area contributed by atoms with Crippen molar-refractivity contribution in [3.05, 3.63) is 27.7 Å². The van der Waals surface area contributed by atoms with Crippen molar-refractivity contribution in [2.75, 3.05) is 11.9 Å². The van der Waals surface area contributed by atoms with E-state index in [0.29, 0.717) is 21.8 Å². The van der Waals surface area contributed by atoms with Gasteiger partial charge in [0.2, 0.25) is 5.91 Å². The Balaban J connectivity index is 2.10. The zero-order chi connectivity index (χ0) is 12.4. The first kappa shape index (κ1) is 12.9. The Morgan fingerprint density at radius 2 is 2.35 bits per heavy atom. The number of rotatable bonds is 2. The SMILES string of the molecule is CC1OCCC1C(=O)Nc1cccc(Cl)c1Br. The van der Waals surface area contributed by atoms with Crippen LogP contribution >= 0.6 is 27.5 Å². The molecule has 2 rings (SSSR count). The molecule has 2 unspecified atom stereocenters. The molecule has 3 nitrogen and oxygen atoms in total. The van der Waals surface area contributed by atoms with E-state index in [2.05, 4.69) is 21.2 Å². The number of benzene rings is 1. The first-order valence-electron chi connectivity index (χ1n) is 5.46. The van der Waals surface area contributed by atoms with Crippen molar-refractivity contribution in [3.63, 3.8) is 0 Å². The molecule has 1 saturated heterocycles. The highest BCUT2D eigenvalue weighted by Gasteiger charge is 2.30. The van der Waals surface area contributed by atoms with Crippen LogP contribution in [0.25, 0.3) is 0 Å². The lowest BCUT2D eigenvalue weighted by atomic mass is 10.0. The standard InChI is InChI=1S/C12H13BrClNO2/c1-7-8(5-6-17-7)12(16)15-10-4-2-3-9(14)11(10)13/h2-4,7-8H,5-6H2,1H3,(H,15,16). The Morgan fingerprint density at radius 3 is 3.00 bits per heavy atom. The van der Waals surface area contributed by atoms with Gasteiger partial charge < -0.3 is 10.1 Å². The van der Waals surface area contributed by atoms with Crippen LogP contribution in [0.5, 0.6) is 0 Å². The van der Waals surface area contributed by atoms with E-state index in [4.69, 9.17) is 16.3 Å². The van der Waals surface area contributed by atoms with E-state index in [1.54, 1.807) is 12.1 Å². The zero-order valence-corrected chi connectivity index (χ0v) is 11.7. The van der Waals surface area contributed by atoms with Crippen molar-refractivity contribution in [3.8, 4) is 0 Å². The first-order chi connectivity index (χ1) is 8.09. The summed E-state index contributed by atoms with van der Waals surface area (Å²) < 4.78 is 6.09. The fourth-order valence-corrected chi connectivity index (χ4v) is 2.44. The van der Waals surface area contributed by atoms with E-state index in [1.807, 2.05) is 13.0 Å². The quantitative estimate of drug-likeness (QED) is 0.907. The highest BCUT2D eigenvalue weighted by molar-refractivity contribution is 9.10. The van der Waals surface area contributed by atoms with Gasteiger partial charge in [0.1, 0.15) is 0 Å². The van der Waals surface area contributed by atoms with Gasteiger partial charge in [0.05, 0.1) is 27.2 Å². The van der Waals surface area contributed by atoms with Crippen molar-refractivity contribution in [2.24, 2.45) is 5.92 Å². The predicted octanol–water partition coefficient (Wildman–Crippen LogP) is 3.47. The molecule has 1 heterocycles. The summed E-state index contributed by atoms with van der Waals surface area (Å²) in [6.45, 7) is 2.57. The third-order valence-corrected chi connectivity index (χ3v) is 4.32. The summed E-state index contributed by atoms with van der Waals surface area (Å²) in [6, 6.07) is 5.38. The number of hydrogen-bond donors (Lipinski definition) is 1. The maximum absolute atomic E-state index is 12.0. The minimum atomic E-state index is -0.0825. The first-order valence-corrected chi connectivity index (χ1v) is 6.63. The molecule has 17 heavy (non-hydrogen) atoms. The third-order valence-electron chi connectivity index (χ3n) is 2.92. The average Bonchev–Trinajstić information content (AvgIpc) is 2.71. The van der Waals surface area contributed by atoms with Gasteiger partial charge in [0.25, 0.3) is 0 Å². The average molecular weight is 319 g/mol. The summed E-state index contributed by atoms with van der Waals surface area (Å²) in [7, 11) is 0. The van der Waals surface area contributed by atoms with Crippen LogP contribution in [0.1, 0.15) is 13.3 Å². The second-order valence-corrected chi connectivity index (χ2v) is 5.26. The Kier molecular flexibility index (Phi) is 4.07. The molecule has 1 fully saturated rings. The van der Waals surface area contributed by atoms with Crippen LogP contribution in [0.15, 0.2) is 22.7 Å². The predicted molar refractivity (Wildman–Crippen MR) is 71.3 cm³/mol. The molecule has 1 aliphatic heterocycles. The van der Waals surface area contributed by atoms with Gasteiger partial charge in [-0.15, -0.1) is 0 Å². The van der Waals surface area contributed by atoms with E-state index >= 15 is 0 Å². The molecule has 0 saturated carbocycles. The van der Waals surface area contributed by atoms with E-state index in [1.165, 1.54) is 0 Å². The molecule has 1 aliphatic rings. The van der Waals surface area contributed by atoms with Crippen LogP contribution < -0.4 is 5.32 Å². The molecular weight excluding hydrogens is 305 g/mol. The second-order valence-electron chi connectivity index (χ2n) is 4.06. The number of ether oxygens (including phenoxy) is 1. The van der Waals surface area contributed by atoms with Crippen molar-refractivity contribution in [2.45, 2.75) is 19.4 Å². The van der Waals surface area contributed by atoms with Crippen molar-refractivity contribution < 1.29 is 9.53 Å². The van der Waals surface area contributed by atoms with E-state index < -0.39 is 0 Å². The van der Waals surface area contributed by atoms with Crippen LogP contribution in [0, 0.1) is 5.92 Å². The van der Waals surface area contributed by atoms with Crippen LogP contribution in [0.2, 0.25) is 5.02 Å². The van der Waals surface area contributed by atoms with Crippen molar-refractivity contribution in [1.29, 1.82) is 0 Å². The summed E-state index contributed by atoms with van der Waals surface area (Å²) in [5.74, 6) is -0.0983. The van der Waals surface area contributed by atoms with Crippen LogP contribution in [0.4, 0.5) is 5.69 Å². The van der Waals surface area contributed by atoms with Crippen molar-refractivity contribution >= 4 is 39.1 Å². The number of amides is 1. The van der Waals surface area contributed by atoms with Crippen LogP contribution in [-0.4, -0.2) is 18.6 Å². The summed E-state index contributed by atoms with van der Waals surface area (Å²) >= 11 is 9.32. The molecule has 5 heteroatoms. The van der Waals surface area contributed by atoms with Crippen LogP contribution in [0.3, 0.4) is 0 Å². The third kappa shape index (κ3) is 2.81. The van der Waals surface area contributed by atoms with E-state index in [0.717, 1.165) is 6.42 Å². The summed E-state index contributed by atoms with van der Waals surface area (Å²) in [6.07, 6.45) is 0.749. The molecule has 0 bridgehead atoms. The molecule has 0 aliphatic carbocycles. The summed E-state index contributed by atoms with van der Waals surface area (Å²) in [5.41, 5.74) is 0.696. The zero-order valence-electron chi connectivity index (χ0n) is 9.37. The van der Waals surface area contributed by atoms with Gasteiger partial charge in [-0.25, -0.2) is 0 Å². The summed E-state index contributed by atoms with van der Waals surface area (Å²) in [5, 5.41) is 3.46. The lowest BCUT2D eigenvalue weighted by Crippen LogP contribution is -2.27. The topological polar surface area (TPSA) is 38.3 Å². The van der Waals surface area contributed by atoms with Gasteiger partial charge in [0, 0.05) is 6.61 Å². The maximum atomic E-state index is 12.0. The fraction of sp³-hybridized carbons (Fsp3) is 0.417. The number of halogens is 2. The Morgan fingerprint density at radius 1 is 1.59 bits per heavy atom. The highest BCUT2D eigenvalue weighted by Crippen LogP contribution is 2.31. The van der Waals surface area contributed by atoms with Crippen molar-refractivity contribution in [1.82, 2.24) is 0 Å². The fourth-order valence-electron chi connectivity index (χ4n) is 1.90. The molecule has 1 aromatic carbocycles. The maximum Gasteiger partial charge on any atom is 0.230 e. The number of nitrogens with one attached hydrogen (secondary N) is 1. The smallest absolute Gasteiger partial charge is 0.230 e. The summed E-state index contributed by atoms with van der Waals surface area (Å²) in [4.78, 5) is 12.0. The minimum absolute atomic E-state index is 0.0158. The number of anilines is 1. The van der Waals surface area contributed by atoms with Gasteiger partial charge in [-0.1, -0.05) is 17.7 Å². The molecule has 1 amide bonds. The van der Waals surface area contributed by atoms with Gasteiger partial charge in [-0.3, -0.25) is 4.79 Å². The Hall–Kier alpha value is -0.580. The van der Waals surface area contributed by atoms with E-state index in [9.17, 15) is 4.79 Å². The van der Waals surface area contributed by atoms with Gasteiger partial charge in [-0.05, 0) is 41.4 Å². The molecule has 1 aromatic rings. The normalized spacial score (nSPS) is 23.7. The van der Waals surface area contributed by atoms with Gasteiger partial charge in [-0.2, -0.15) is 0 Å².